The first-order valence-electron chi connectivity index (χ1n) is 11.4. The lowest BCUT2D eigenvalue weighted by molar-refractivity contribution is 0.102. The first kappa shape index (κ1) is 21.1. The molecule has 0 bridgehead atoms. The molecule has 4 nitrogen and oxygen atoms in total. The quantitative estimate of drug-likeness (QED) is 0.276. The third kappa shape index (κ3) is 4.00. The van der Waals surface area contributed by atoms with Gasteiger partial charge in [-0.15, -0.1) is 22.7 Å². The normalized spacial score (nSPS) is 12.9. The van der Waals surface area contributed by atoms with Crippen LogP contribution in [0.5, 0.6) is 11.5 Å². The van der Waals surface area contributed by atoms with Crippen LogP contribution in [0.15, 0.2) is 78.9 Å². The number of carbonyl (C=O) groups is 1. The van der Waals surface area contributed by atoms with Crippen molar-refractivity contribution in [2.45, 2.75) is 25.7 Å². The number of benzene rings is 3. The summed E-state index contributed by atoms with van der Waals surface area (Å²) in [6.07, 6.45) is 4.44. The number of aromatic nitrogens is 1. The maximum Gasteiger partial charge on any atom is 0.260 e. The topological polar surface area (TPSA) is 51.2 Å². The number of nitrogens with zero attached hydrogens (tertiary/aromatic N) is 1. The highest BCUT2D eigenvalue weighted by Gasteiger charge is 2.26. The molecule has 3 aromatic carbocycles. The van der Waals surface area contributed by atoms with E-state index in [4.69, 9.17) is 9.72 Å². The second-order valence-corrected chi connectivity index (χ2v) is 10.4. The highest BCUT2D eigenvalue weighted by Crippen LogP contribution is 2.46. The molecule has 0 aliphatic heterocycles. The Kier molecular flexibility index (Phi) is 5.61. The molecule has 1 aliphatic rings. The van der Waals surface area contributed by atoms with Crippen molar-refractivity contribution in [3.8, 4) is 22.1 Å². The largest absolute Gasteiger partial charge is 0.457 e. The van der Waals surface area contributed by atoms with E-state index in [0.717, 1.165) is 38.6 Å². The number of carbonyl (C=O) groups excluding carboxylic acids is 1. The van der Waals surface area contributed by atoms with Crippen LogP contribution in [0.25, 0.3) is 20.8 Å². The van der Waals surface area contributed by atoms with Crippen molar-refractivity contribution in [2.75, 3.05) is 5.32 Å². The predicted octanol–water partition coefficient (Wildman–Crippen LogP) is 7.95. The lowest BCUT2D eigenvalue weighted by Gasteiger charge is -2.12. The fourth-order valence-corrected chi connectivity index (χ4v) is 6.78. The van der Waals surface area contributed by atoms with Crippen LogP contribution in [0.3, 0.4) is 0 Å². The van der Waals surface area contributed by atoms with Crippen LogP contribution in [-0.2, 0) is 12.8 Å². The van der Waals surface area contributed by atoms with Crippen LogP contribution in [0.2, 0.25) is 0 Å². The van der Waals surface area contributed by atoms with Gasteiger partial charge in [0.25, 0.3) is 5.91 Å². The summed E-state index contributed by atoms with van der Waals surface area (Å²) in [4.78, 5) is 19.8. The Hall–Kier alpha value is -3.48. The highest BCUT2D eigenvalue weighted by molar-refractivity contribution is 7.23. The van der Waals surface area contributed by atoms with Gasteiger partial charge in [0.2, 0.25) is 0 Å². The summed E-state index contributed by atoms with van der Waals surface area (Å²) in [5.74, 6) is 1.06. The fraction of sp³-hybridized carbons (Fsp3) is 0.143. The van der Waals surface area contributed by atoms with Crippen LogP contribution < -0.4 is 10.1 Å². The van der Waals surface area contributed by atoms with Gasteiger partial charge in [0.15, 0.2) is 0 Å². The third-order valence-electron chi connectivity index (χ3n) is 6.01. The predicted molar refractivity (Wildman–Crippen MR) is 140 cm³/mol. The molecule has 0 saturated carbocycles. The maximum absolute atomic E-state index is 13.5. The Balaban J connectivity index is 1.38. The molecular weight excluding hydrogens is 460 g/mol. The van der Waals surface area contributed by atoms with E-state index < -0.39 is 0 Å². The number of para-hydroxylation sites is 3. The van der Waals surface area contributed by atoms with E-state index in [1.54, 1.807) is 28.7 Å². The summed E-state index contributed by atoms with van der Waals surface area (Å²) >= 11 is 3.38. The number of hydrogen-bond donors (Lipinski definition) is 1. The van der Waals surface area contributed by atoms with Gasteiger partial charge in [0, 0.05) is 10.4 Å². The summed E-state index contributed by atoms with van der Waals surface area (Å²) in [6, 6.07) is 25.1. The van der Waals surface area contributed by atoms with Gasteiger partial charge in [-0.1, -0.05) is 42.5 Å². The summed E-state index contributed by atoms with van der Waals surface area (Å²) < 4.78 is 7.20. The Bertz CT molecular complexity index is 1450. The van der Waals surface area contributed by atoms with Gasteiger partial charge in [0.1, 0.15) is 21.5 Å². The van der Waals surface area contributed by atoms with E-state index in [-0.39, 0.29) is 5.91 Å². The monoisotopic (exact) mass is 482 g/mol. The van der Waals surface area contributed by atoms with Gasteiger partial charge in [0.05, 0.1) is 15.8 Å². The zero-order valence-corrected chi connectivity index (χ0v) is 20.0. The minimum Gasteiger partial charge on any atom is -0.457 e. The van der Waals surface area contributed by atoms with Crippen molar-refractivity contribution < 1.29 is 9.53 Å². The number of fused-ring (bicyclic) bond motifs is 2. The Morgan fingerprint density at radius 2 is 1.62 bits per heavy atom. The SMILES string of the molecule is O=C(Nc1sc2c(c1-c1nc3ccccc3s1)CCCC2)c1ccccc1Oc1ccccc1. The Morgan fingerprint density at radius 3 is 2.50 bits per heavy atom. The standard InChI is InChI=1S/C28H22N2O2S2/c31-26(19-12-4-7-15-22(19)32-18-10-2-1-3-11-18)30-28-25(20-13-5-8-16-23(20)33-28)27-29-21-14-6-9-17-24(21)34-27/h1-4,6-7,9-12,14-15,17H,5,8,13,16H2,(H,30,31). The minimum absolute atomic E-state index is 0.174. The van der Waals surface area contributed by atoms with Crippen molar-refractivity contribution in [3.63, 3.8) is 0 Å². The summed E-state index contributed by atoms with van der Waals surface area (Å²) in [7, 11) is 0. The van der Waals surface area contributed by atoms with Crippen LogP contribution in [0.1, 0.15) is 33.6 Å². The van der Waals surface area contributed by atoms with Gasteiger partial charge in [-0.25, -0.2) is 4.98 Å². The summed E-state index contributed by atoms with van der Waals surface area (Å²) in [5, 5.41) is 5.08. The first-order chi connectivity index (χ1) is 16.8. The molecule has 2 heterocycles. The molecule has 0 unspecified atom stereocenters. The van der Waals surface area contributed by atoms with Crippen LogP contribution in [-0.4, -0.2) is 10.9 Å². The Labute approximate surface area is 205 Å². The molecule has 6 heteroatoms. The third-order valence-corrected chi connectivity index (χ3v) is 8.27. The molecule has 6 rings (SSSR count). The van der Waals surface area contributed by atoms with Crippen molar-refractivity contribution in [3.05, 3.63) is 94.9 Å². The minimum atomic E-state index is -0.174. The number of rotatable bonds is 5. The van der Waals surface area contributed by atoms with E-state index in [1.807, 2.05) is 66.7 Å². The average Bonchev–Trinajstić information content (AvgIpc) is 3.45. The molecule has 0 saturated heterocycles. The van der Waals surface area contributed by atoms with Crippen LogP contribution >= 0.6 is 22.7 Å². The number of thiazole rings is 1. The lowest BCUT2D eigenvalue weighted by Crippen LogP contribution is -2.12. The van der Waals surface area contributed by atoms with Crippen molar-refractivity contribution >= 4 is 43.8 Å². The van der Waals surface area contributed by atoms with E-state index in [1.165, 1.54) is 23.3 Å². The number of hydrogen-bond acceptors (Lipinski definition) is 5. The summed E-state index contributed by atoms with van der Waals surface area (Å²) in [5.41, 5.74) is 3.94. The maximum atomic E-state index is 13.5. The average molecular weight is 483 g/mol. The zero-order valence-electron chi connectivity index (χ0n) is 18.4. The van der Waals surface area contributed by atoms with Gasteiger partial charge in [-0.2, -0.15) is 0 Å². The molecule has 0 spiro atoms. The summed E-state index contributed by atoms with van der Waals surface area (Å²) in [6.45, 7) is 0. The molecule has 1 amide bonds. The number of ether oxygens (including phenoxy) is 1. The molecule has 2 aromatic heterocycles. The van der Waals surface area contributed by atoms with Gasteiger partial charge in [-0.3, -0.25) is 4.79 Å². The molecule has 0 radical (unpaired) electrons. The zero-order chi connectivity index (χ0) is 22.9. The number of aryl methyl sites for hydroxylation is 1. The number of nitrogens with one attached hydrogen (secondary N) is 1. The molecule has 1 aliphatic carbocycles. The van der Waals surface area contributed by atoms with Crippen LogP contribution in [0.4, 0.5) is 5.00 Å². The highest BCUT2D eigenvalue weighted by atomic mass is 32.1. The second kappa shape index (κ2) is 9.05. The second-order valence-electron chi connectivity index (χ2n) is 8.27. The molecule has 5 aromatic rings. The molecule has 168 valence electrons. The number of amides is 1. The van der Waals surface area contributed by atoms with Gasteiger partial charge < -0.3 is 10.1 Å². The smallest absolute Gasteiger partial charge is 0.260 e. The van der Waals surface area contributed by atoms with E-state index >= 15 is 0 Å². The Morgan fingerprint density at radius 1 is 0.853 bits per heavy atom. The molecular formula is C28H22N2O2S2. The number of anilines is 1. The fourth-order valence-electron chi connectivity index (χ4n) is 4.39. The van der Waals surface area contributed by atoms with Gasteiger partial charge >= 0.3 is 0 Å². The van der Waals surface area contributed by atoms with E-state index in [9.17, 15) is 4.79 Å². The van der Waals surface area contributed by atoms with E-state index in [0.29, 0.717) is 17.1 Å². The molecule has 0 atom stereocenters. The number of thiophene rings is 1. The van der Waals surface area contributed by atoms with Crippen LogP contribution in [0, 0.1) is 0 Å². The van der Waals surface area contributed by atoms with E-state index in [2.05, 4.69) is 11.4 Å². The van der Waals surface area contributed by atoms with Crippen molar-refractivity contribution in [1.82, 2.24) is 4.98 Å². The lowest BCUT2D eigenvalue weighted by atomic mass is 9.95. The first-order valence-corrected chi connectivity index (χ1v) is 13.0. The molecule has 0 fully saturated rings. The molecule has 34 heavy (non-hydrogen) atoms. The van der Waals surface area contributed by atoms with Gasteiger partial charge in [-0.05, 0) is 67.6 Å². The van der Waals surface area contributed by atoms with Crippen molar-refractivity contribution in [2.24, 2.45) is 0 Å². The molecule has 1 N–H and O–H groups in total. The van der Waals surface area contributed by atoms with Crippen molar-refractivity contribution in [1.29, 1.82) is 0 Å².